The minimum atomic E-state index is -0.872. The van der Waals surface area contributed by atoms with E-state index in [0.29, 0.717) is 32.2 Å². The van der Waals surface area contributed by atoms with Gasteiger partial charge >= 0.3 is 0 Å². The molecule has 0 radical (unpaired) electrons. The first kappa shape index (κ1) is 26.8. The predicted molar refractivity (Wildman–Crippen MR) is 141 cm³/mol. The molecule has 2 fully saturated rings. The highest BCUT2D eigenvalue weighted by Crippen LogP contribution is 2.22. The number of piperazine rings is 1. The highest BCUT2D eigenvalue weighted by atomic mass is 16.2. The third-order valence-electron chi connectivity index (χ3n) is 6.82. The first-order chi connectivity index (χ1) is 16.6. The zero-order chi connectivity index (χ0) is 25.6. The van der Waals surface area contributed by atoms with Gasteiger partial charge in [0, 0.05) is 57.7 Å². The monoisotopic (exact) mass is 483 g/mol. The molecule has 2 amide bonds. The number of nitrogens with two attached hydrogens (primary N) is 2. The van der Waals surface area contributed by atoms with Gasteiger partial charge in [0.2, 0.25) is 12.3 Å². The van der Waals surface area contributed by atoms with Crippen LogP contribution in [0.1, 0.15) is 37.8 Å². The molecule has 0 spiro atoms. The summed E-state index contributed by atoms with van der Waals surface area (Å²) in [7, 11) is 1.73. The number of hydrogen-bond acceptors (Lipinski definition) is 6. The Labute approximate surface area is 209 Å². The predicted octanol–water partition coefficient (Wildman–Crippen LogP) is 1.30. The number of piperidine rings is 1. The Hall–Kier alpha value is -2.75. The molecule has 2 saturated heterocycles. The van der Waals surface area contributed by atoms with E-state index >= 15 is 0 Å². The van der Waals surface area contributed by atoms with Crippen molar-refractivity contribution in [3.63, 3.8) is 0 Å². The number of hydrogen-bond donors (Lipinski definition) is 2. The summed E-state index contributed by atoms with van der Waals surface area (Å²) in [6.45, 7) is 11.0. The normalized spacial score (nSPS) is 18.9. The molecule has 0 aromatic heterocycles. The second-order valence-corrected chi connectivity index (χ2v) is 10.1. The fourth-order valence-electron chi connectivity index (χ4n) is 4.57. The van der Waals surface area contributed by atoms with Gasteiger partial charge in [-0.05, 0) is 76.0 Å². The molecule has 9 nitrogen and oxygen atoms in total. The molecule has 0 saturated carbocycles. The molecular formula is C26H41N7O2. The maximum atomic E-state index is 12.4. The number of nitrogens with zero attached hydrogens (tertiary/aromatic N) is 5. The zero-order valence-electron chi connectivity index (χ0n) is 21.6. The third kappa shape index (κ3) is 7.13. The standard InChI is InChI=1S/C26H41N7O2/c1-20-17-23(6-5-21(20)18-30-10-7-22(27)8-11-30)33(19-34)12-9-24(29-4)31-13-15-32(16-14-31)25(35)26(2,3)28/h5-6,9,12,17,19,22H,7-8,10-11,13-16,18,27-28H2,1-4H3/b12-9-,29-24?. The van der Waals surface area contributed by atoms with Crippen molar-refractivity contribution in [2.24, 2.45) is 16.5 Å². The summed E-state index contributed by atoms with van der Waals surface area (Å²) >= 11 is 0. The van der Waals surface area contributed by atoms with E-state index in [1.807, 2.05) is 18.2 Å². The topological polar surface area (TPSA) is 111 Å². The van der Waals surface area contributed by atoms with Gasteiger partial charge in [0.15, 0.2) is 0 Å². The van der Waals surface area contributed by atoms with Gasteiger partial charge < -0.3 is 21.3 Å². The van der Waals surface area contributed by atoms with Gasteiger partial charge in [-0.2, -0.15) is 0 Å². The molecule has 0 unspecified atom stereocenters. The summed E-state index contributed by atoms with van der Waals surface area (Å²) in [6, 6.07) is 6.46. The summed E-state index contributed by atoms with van der Waals surface area (Å²) in [6.07, 6.45) is 6.48. The summed E-state index contributed by atoms with van der Waals surface area (Å²) in [4.78, 5) is 36.6. The van der Waals surface area contributed by atoms with Crippen LogP contribution in [0.3, 0.4) is 0 Å². The van der Waals surface area contributed by atoms with Gasteiger partial charge in [-0.3, -0.25) is 24.4 Å². The average Bonchev–Trinajstić information content (AvgIpc) is 2.84. The quantitative estimate of drug-likeness (QED) is 0.344. The largest absolute Gasteiger partial charge is 0.353 e. The molecule has 1 aromatic carbocycles. The Morgan fingerprint density at radius 2 is 1.77 bits per heavy atom. The smallest absolute Gasteiger partial charge is 0.242 e. The Morgan fingerprint density at radius 1 is 1.14 bits per heavy atom. The van der Waals surface area contributed by atoms with E-state index in [4.69, 9.17) is 11.5 Å². The lowest BCUT2D eigenvalue weighted by atomic mass is 10.0. The van der Waals surface area contributed by atoms with E-state index < -0.39 is 5.54 Å². The summed E-state index contributed by atoms with van der Waals surface area (Å²) in [5.41, 5.74) is 14.4. The Bertz CT molecular complexity index is 938. The van der Waals surface area contributed by atoms with Crippen molar-refractivity contribution in [2.45, 2.75) is 51.7 Å². The van der Waals surface area contributed by atoms with Crippen LogP contribution < -0.4 is 16.4 Å². The molecule has 9 heteroatoms. The van der Waals surface area contributed by atoms with Gasteiger partial charge in [-0.25, -0.2) is 0 Å². The Balaban J connectivity index is 1.61. The van der Waals surface area contributed by atoms with Gasteiger partial charge in [-0.1, -0.05) is 6.07 Å². The van der Waals surface area contributed by atoms with Crippen LogP contribution >= 0.6 is 0 Å². The molecular weight excluding hydrogens is 442 g/mol. The summed E-state index contributed by atoms with van der Waals surface area (Å²) < 4.78 is 0. The molecule has 192 valence electrons. The highest BCUT2D eigenvalue weighted by Gasteiger charge is 2.30. The lowest BCUT2D eigenvalue weighted by Gasteiger charge is -2.38. The van der Waals surface area contributed by atoms with Crippen molar-refractivity contribution in [1.82, 2.24) is 14.7 Å². The lowest BCUT2D eigenvalue weighted by molar-refractivity contribution is -0.137. The van der Waals surface area contributed by atoms with E-state index in [2.05, 4.69) is 27.8 Å². The van der Waals surface area contributed by atoms with Gasteiger partial charge in [0.1, 0.15) is 5.84 Å². The second-order valence-electron chi connectivity index (χ2n) is 10.1. The van der Waals surface area contributed by atoms with Crippen LogP contribution in [0.15, 0.2) is 35.5 Å². The van der Waals surface area contributed by atoms with Gasteiger partial charge in [0.05, 0.1) is 5.54 Å². The number of aliphatic imine (C=N–C) groups is 1. The summed E-state index contributed by atoms with van der Waals surface area (Å²) in [5.74, 6) is 0.727. The number of rotatable bonds is 7. The first-order valence-corrected chi connectivity index (χ1v) is 12.4. The molecule has 4 N–H and O–H groups in total. The number of amides is 2. The Kier molecular flexibility index (Phi) is 9.04. The van der Waals surface area contributed by atoms with Gasteiger partial charge in [-0.15, -0.1) is 0 Å². The maximum absolute atomic E-state index is 12.4. The first-order valence-electron chi connectivity index (χ1n) is 12.4. The van der Waals surface area contributed by atoms with Crippen LogP contribution in [0.4, 0.5) is 5.69 Å². The average molecular weight is 484 g/mol. The van der Waals surface area contributed by atoms with E-state index in [9.17, 15) is 9.59 Å². The summed E-state index contributed by atoms with van der Waals surface area (Å²) in [5, 5.41) is 0. The maximum Gasteiger partial charge on any atom is 0.242 e. The number of carbonyl (C=O) groups is 2. The third-order valence-corrected chi connectivity index (χ3v) is 6.82. The fraction of sp³-hybridized carbons (Fsp3) is 0.577. The molecule has 2 heterocycles. The molecule has 0 atom stereocenters. The number of carbonyl (C=O) groups excluding carboxylic acids is 2. The van der Waals surface area contributed by atoms with Crippen LogP contribution in [0.2, 0.25) is 0 Å². The number of anilines is 1. The van der Waals surface area contributed by atoms with Crippen LogP contribution in [0.25, 0.3) is 0 Å². The highest BCUT2D eigenvalue weighted by molar-refractivity contribution is 5.94. The zero-order valence-corrected chi connectivity index (χ0v) is 21.6. The molecule has 0 aliphatic carbocycles. The number of amidine groups is 1. The van der Waals surface area contributed by atoms with Crippen molar-refractivity contribution < 1.29 is 9.59 Å². The van der Waals surface area contributed by atoms with Crippen LogP contribution in [0.5, 0.6) is 0 Å². The van der Waals surface area contributed by atoms with Crippen LogP contribution in [0, 0.1) is 6.92 Å². The van der Waals surface area contributed by atoms with Crippen molar-refractivity contribution >= 4 is 23.8 Å². The molecule has 3 rings (SSSR count). The fourth-order valence-corrected chi connectivity index (χ4v) is 4.57. The van der Waals surface area contributed by atoms with E-state index in [-0.39, 0.29) is 5.91 Å². The SMILES string of the molecule is CN=C(/C=C\N(C=O)c1ccc(CN2CCC(N)CC2)c(C)c1)N1CCN(C(=O)C(C)(C)N)CC1. The molecule has 35 heavy (non-hydrogen) atoms. The van der Waals surface area contributed by atoms with Crippen molar-refractivity contribution in [2.75, 3.05) is 51.2 Å². The Morgan fingerprint density at radius 3 is 2.31 bits per heavy atom. The number of aryl methyl sites for hydroxylation is 1. The molecule has 2 aliphatic heterocycles. The van der Waals surface area contributed by atoms with Crippen LogP contribution in [-0.2, 0) is 16.1 Å². The molecule has 0 bridgehead atoms. The lowest BCUT2D eigenvalue weighted by Crippen LogP contribution is -2.57. The van der Waals surface area contributed by atoms with E-state index in [1.165, 1.54) is 5.56 Å². The van der Waals surface area contributed by atoms with Crippen LogP contribution in [-0.4, -0.2) is 90.7 Å². The van der Waals surface area contributed by atoms with E-state index in [0.717, 1.165) is 56.0 Å². The minimum absolute atomic E-state index is 0.0440. The second kappa shape index (κ2) is 11.8. The van der Waals surface area contributed by atoms with E-state index in [1.54, 1.807) is 36.9 Å². The van der Waals surface area contributed by atoms with Crippen molar-refractivity contribution in [3.05, 3.63) is 41.6 Å². The van der Waals surface area contributed by atoms with Crippen molar-refractivity contribution in [1.29, 1.82) is 0 Å². The molecule has 2 aliphatic rings. The number of benzene rings is 1. The van der Waals surface area contributed by atoms with Crippen molar-refractivity contribution in [3.8, 4) is 0 Å². The molecule has 1 aromatic rings. The number of likely N-dealkylation sites (tertiary alicyclic amines) is 1. The van der Waals surface area contributed by atoms with Gasteiger partial charge in [0.25, 0.3) is 0 Å². The minimum Gasteiger partial charge on any atom is -0.353 e.